The Hall–Kier alpha value is -3.48. The van der Waals surface area contributed by atoms with Gasteiger partial charge in [-0.25, -0.2) is 4.98 Å². The minimum Gasteiger partial charge on any atom is -0.481 e. The van der Waals surface area contributed by atoms with Crippen molar-refractivity contribution in [3.8, 4) is 22.4 Å². The number of carboxylic acid groups (broad SMARTS) is 1. The number of hydrogen-bond acceptors (Lipinski definition) is 4. The van der Waals surface area contributed by atoms with Gasteiger partial charge >= 0.3 is 5.97 Å². The van der Waals surface area contributed by atoms with Crippen molar-refractivity contribution in [2.75, 3.05) is 0 Å². The smallest absolute Gasteiger partial charge is 0.304 e. The fourth-order valence-electron chi connectivity index (χ4n) is 3.72. The Morgan fingerprint density at radius 2 is 1.68 bits per heavy atom. The van der Waals surface area contributed by atoms with Crippen LogP contribution in [0, 0.1) is 5.92 Å². The number of carboxylic acids is 1. The summed E-state index contributed by atoms with van der Waals surface area (Å²) in [5.74, 6) is -1.95. The molecule has 0 saturated heterocycles. The largest absolute Gasteiger partial charge is 0.481 e. The Morgan fingerprint density at radius 3 is 2.38 bits per heavy atom. The molecule has 0 spiro atoms. The molecule has 0 fully saturated rings. The summed E-state index contributed by atoms with van der Waals surface area (Å²) in [5.41, 5.74) is 4.62. The molecule has 7 heteroatoms. The zero-order valence-electron chi connectivity index (χ0n) is 18.3. The molecule has 0 aliphatic carbocycles. The fourth-order valence-corrected chi connectivity index (χ4v) is 4.67. The maximum Gasteiger partial charge on any atom is 0.304 e. The second-order valence-electron chi connectivity index (χ2n) is 7.89. The van der Waals surface area contributed by atoms with Gasteiger partial charge in [0.2, 0.25) is 5.91 Å². The predicted molar refractivity (Wildman–Crippen MR) is 136 cm³/mol. The molecule has 0 unspecified atom stereocenters. The summed E-state index contributed by atoms with van der Waals surface area (Å²) < 4.78 is 0. The Balaban J connectivity index is 1.45. The van der Waals surface area contributed by atoms with Crippen LogP contribution < -0.4 is 5.32 Å². The number of thiazole rings is 1. The van der Waals surface area contributed by atoms with E-state index in [-0.39, 0.29) is 18.9 Å². The summed E-state index contributed by atoms with van der Waals surface area (Å²) in [6, 6.07) is 25.3. The molecule has 4 aromatic rings. The molecule has 3 aromatic carbocycles. The molecule has 1 heterocycles. The summed E-state index contributed by atoms with van der Waals surface area (Å²) in [5, 5.41) is 15.3. The number of benzene rings is 3. The lowest BCUT2D eigenvalue weighted by Crippen LogP contribution is -2.33. The average Bonchev–Trinajstić information content (AvgIpc) is 3.32. The fraction of sp³-hybridized carbons (Fsp3) is 0.148. The van der Waals surface area contributed by atoms with E-state index >= 15 is 0 Å². The van der Waals surface area contributed by atoms with Gasteiger partial charge in [0, 0.05) is 10.9 Å². The van der Waals surface area contributed by atoms with Crippen molar-refractivity contribution in [1.29, 1.82) is 0 Å². The van der Waals surface area contributed by atoms with E-state index in [0.29, 0.717) is 11.4 Å². The molecule has 1 atom stereocenters. The van der Waals surface area contributed by atoms with E-state index in [1.807, 2.05) is 84.2 Å². The molecule has 2 N–H and O–H groups in total. The van der Waals surface area contributed by atoms with E-state index in [9.17, 15) is 14.7 Å². The normalized spacial score (nSPS) is 11.7. The van der Waals surface area contributed by atoms with E-state index < -0.39 is 11.9 Å². The van der Waals surface area contributed by atoms with Gasteiger partial charge in [-0.1, -0.05) is 78.3 Å². The Bertz CT molecular complexity index is 1280. The third-order valence-electron chi connectivity index (χ3n) is 5.43. The zero-order chi connectivity index (χ0) is 23.9. The molecule has 34 heavy (non-hydrogen) atoms. The summed E-state index contributed by atoms with van der Waals surface area (Å²) in [6.45, 7) is 0.227. The number of nitrogens with one attached hydrogen (secondary N) is 1. The summed E-state index contributed by atoms with van der Waals surface area (Å²) in [7, 11) is 0. The van der Waals surface area contributed by atoms with Crippen LogP contribution in [0.25, 0.3) is 22.4 Å². The van der Waals surface area contributed by atoms with Crippen LogP contribution in [-0.2, 0) is 22.6 Å². The molecular weight excluding hydrogens is 468 g/mol. The highest BCUT2D eigenvalue weighted by atomic mass is 35.5. The van der Waals surface area contributed by atoms with Crippen LogP contribution in [0.4, 0.5) is 0 Å². The number of carbonyl (C=O) groups is 2. The molecule has 0 radical (unpaired) electrons. The lowest BCUT2D eigenvalue weighted by Gasteiger charge is -2.14. The number of rotatable bonds is 9. The third-order valence-corrected chi connectivity index (χ3v) is 6.61. The first-order chi connectivity index (χ1) is 16.5. The minimum absolute atomic E-state index is 0.227. The van der Waals surface area contributed by atoms with Crippen molar-refractivity contribution in [2.24, 2.45) is 5.92 Å². The number of amides is 1. The highest BCUT2D eigenvalue weighted by Crippen LogP contribution is 2.33. The van der Waals surface area contributed by atoms with Crippen LogP contribution in [0.5, 0.6) is 0 Å². The minimum atomic E-state index is -0.999. The Morgan fingerprint density at radius 1 is 0.971 bits per heavy atom. The zero-order valence-corrected chi connectivity index (χ0v) is 19.9. The van der Waals surface area contributed by atoms with Gasteiger partial charge in [0.15, 0.2) is 0 Å². The second kappa shape index (κ2) is 11.1. The van der Waals surface area contributed by atoms with Crippen molar-refractivity contribution < 1.29 is 14.7 Å². The van der Waals surface area contributed by atoms with E-state index in [0.717, 1.165) is 33.0 Å². The number of carbonyl (C=O) groups excluding carboxylic acids is 1. The van der Waals surface area contributed by atoms with Crippen molar-refractivity contribution >= 4 is 34.8 Å². The number of nitrogens with zero attached hydrogens (tertiary/aromatic N) is 1. The van der Waals surface area contributed by atoms with Gasteiger partial charge in [0.25, 0.3) is 0 Å². The highest BCUT2D eigenvalue weighted by molar-refractivity contribution is 7.10. The Kier molecular flexibility index (Phi) is 7.72. The summed E-state index contributed by atoms with van der Waals surface area (Å²) >= 11 is 7.89. The first-order valence-electron chi connectivity index (χ1n) is 10.8. The number of aliphatic carboxylic acids is 1. The van der Waals surface area contributed by atoms with E-state index in [2.05, 4.69) is 10.3 Å². The van der Waals surface area contributed by atoms with Gasteiger partial charge in [-0.3, -0.25) is 9.59 Å². The summed E-state index contributed by atoms with van der Waals surface area (Å²) in [4.78, 5) is 28.7. The monoisotopic (exact) mass is 490 g/mol. The number of hydrogen-bond donors (Lipinski definition) is 2. The lowest BCUT2D eigenvalue weighted by molar-refractivity contribution is -0.141. The molecule has 0 aliphatic rings. The molecule has 1 aromatic heterocycles. The molecule has 0 aliphatic heterocycles. The summed E-state index contributed by atoms with van der Waals surface area (Å²) in [6.07, 6.45) is 0.135. The third kappa shape index (κ3) is 6.10. The van der Waals surface area contributed by atoms with Crippen molar-refractivity contribution in [3.05, 3.63) is 99.8 Å². The molecule has 5 nitrogen and oxygen atoms in total. The van der Waals surface area contributed by atoms with Crippen molar-refractivity contribution in [1.82, 2.24) is 10.3 Å². The van der Waals surface area contributed by atoms with Crippen LogP contribution >= 0.6 is 22.9 Å². The van der Waals surface area contributed by atoms with Gasteiger partial charge < -0.3 is 10.4 Å². The predicted octanol–water partition coefficient (Wildman–Crippen LogP) is 6.08. The second-order valence-corrected chi connectivity index (χ2v) is 9.24. The van der Waals surface area contributed by atoms with Crippen molar-refractivity contribution in [3.63, 3.8) is 0 Å². The quantitative estimate of drug-likeness (QED) is 0.298. The SMILES string of the molecule is O=C(O)C[C@@H](Cc1ccccc1)C(=O)NCc1nc(-c2cc(-c3ccccc3)ccc2Cl)cs1. The molecule has 1 amide bonds. The maximum absolute atomic E-state index is 12.8. The molecule has 172 valence electrons. The van der Waals surface area contributed by atoms with E-state index in [4.69, 9.17) is 11.6 Å². The first kappa shape index (κ1) is 23.7. The van der Waals surface area contributed by atoms with Crippen LogP contribution in [0.15, 0.2) is 84.2 Å². The average molecular weight is 491 g/mol. The highest BCUT2D eigenvalue weighted by Gasteiger charge is 2.22. The Labute approximate surface area is 207 Å². The maximum atomic E-state index is 12.8. The van der Waals surface area contributed by atoms with Crippen LogP contribution in [-0.4, -0.2) is 22.0 Å². The van der Waals surface area contributed by atoms with E-state index in [1.54, 1.807) is 0 Å². The lowest BCUT2D eigenvalue weighted by atomic mass is 9.95. The standard InChI is InChI=1S/C27H23ClN2O3S/c28-23-12-11-20(19-9-5-2-6-10-19)14-22(23)24-17-34-25(30-24)16-29-27(33)21(15-26(31)32)13-18-7-3-1-4-8-18/h1-12,14,17,21H,13,15-16H2,(H,29,33)(H,31,32)/t21-/m1/s1. The molecular formula is C27H23ClN2O3S. The number of halogens is 1. The first-order valence-corrected chi connectivity index (χ1v) is 12.1. The van der Waals surface area contributed by atoms with Gasteiger partial charge in [-0.15, -0.1) is 11.3 Å². The number of aromatic nitrogens is 1. The van der Waals surface area contributed by atoms with E-state index in [1.165, 1.54) is 11.3 Å². The van der Waals surface area contributed by atoms with Crippen molar-refractivity contribution in [2.45, 2.75) is 19.4 Å². The van der Waals surface area contributed by atoms with Gasteiger partial charge in [-0.2, -0.15) is 0 Å². The van der Waals surface area contributed by atoms with Gasteiger partial charge in [-0.05, 0) is 35.2 Å². The van der Waals surface area contributed by atoms with Crippen LogP contribution in [0.1, 0.15) is 17.0 Å². The molecule has 0 saturated carbocycles. The van der Waals surface area contributed by atoms with Crippen LogP contribution in [0.2, 0.25) is 5.02 Å². The molecule has 4 rings (SSSR count). The topological polar surface area (TPSA) is 79.3 Å². The van der Waals surface area contributed by atoms with Crippen LogP contribution in [0.3, 0.4) is 0 Å². The van der Waals surface area contributed by atoms with Gasteiger partial charge in [0.1, 0.15) is 5.01 Å². The van der Waals surface area contributed by atoms with Gasteiger partial charge in [0.05, 0.1) is 29.6 Å². The molecule has 0 bridgehead atoms.